The van der Waals surface area contributed by atoms with E-state index in [1.165, 1.54) is 11.8 Å². The van der Waals surface area contributed by atoms with Gasteiger partial charge < -0.3 is 10.1 Å². The predicted octanol–water partition coefficient (Wildman–Crippen LogP) is 2.25. The molecular weight excluding hydrogens is 378 g/mol. The van der Waals surface area contributed by atoms with Crippen LogP contribution in [0.2, 0.25) is 0 Å². The molecule has 9 heteroatoms. The largest absolute Gasteiger partial charge is 0.379 e. The van der Waals surface area contributed by atoms with Crippen LogP contribution < -0.4 is 5.32 Å². The van der Waals surface area contributed by atoms with Gasteiger partial charge in [-0.3, -0.25) is 15.0 Å². The Morgan fingerprint density at radius 2 is 2.00 bits per heavy atom. The zero-order chi connectivity index (χ0) is 19.8. The lowest BCUT2D eigenvalue weighted by atomic mass is 10.2. The van der Waals surface area contributed by atoms with Crippen LogP contribution in [0, 0.1) is 22.0 Å². The molecule has 0 atom stereocenters. The van der Waals surface area contributed by atoms with Gasteiger partial charge in [-0.15, -0.1) is 0 Å². The molecule has 1 aliphatic rings. The maximum atomic E-state index is 11.7. The van der Waals surface area contributed by atoms with Crippen molar-refractivity contribution in [3.8, 4) is 11.8 Å². The topological polar surface area (TPSA) is 93.4 Å². The number of nitrogens with zero attached hydrogens (tertiary/aromatic N) is 4. The van der Waals surface area contributed by atoms with Gasteiger partial charge in [0.25, 0.3) is 0 Å². The van der Waals surface area contributed by atoms with Crippen LogP contribution in [-0.2, 0) is 4.74 Å². The third-order valence-electron chi connectivity index (χ3n) is 4.15. The van der Waals surface area contributed by atoms with Crippen LogP contribution in [-0.4, -0.2) is 65.4 Å². The summed E-state index contributed by atoms with van der Waals surface area (Å²) in [6, 6.07) is 9.31. The molecule has 2 aromatic rings. The second kappa shape index (κ2) is 10.0. The molecule has 0 amide bonds. The highest BCUT2D eigenvalue weighted by Gasteiger charge is 2.24. The number of hydrogen-bond acceptors (Lipinski definition) is 8. The van der Waals surface area contributed by atoms with E-state index in [9.17, 15) is 10.1 Å². The third-order valence-corrected chi connectivity index (χ3v) is 4.70. The molecule has 0 saturated carbocycles. The fourth-order valence-electron chi connectivity index (χ4n) is 2.72. The molecule has 2 heterocycles. The van der Waals surface area contributed by atoms with Crippen molar-refractivity contribution in [3.05, 3.63) is 51.7 Å². The summed E-state index contributed by atoms with van der Waals surface area (Å²) in [7, 11) is 0. The summed E-state index contributed by atoms with van der Waals surface area (Å²) in [5.74, 6) is 5.99. The standard InChI is InChI=1S/C19H21N5O3S/c1-28-19-21-16(8-7-15-5-3-2-4-6-15)17(24(25)26)18(22-19)20-9-10-23-11-13-27-14-12-23/h2-6H,9-14H2,1H3,(H,20,21,22). The van der Waals surface area contributed by atoms with Crippen LogP contribution in [0.1, 0.15) is 11.3 Å². The SMILES string of the molecule is CSc1nc(C#Cc2ccccc2)c([N+](=O)[O-])c(NCCN2CCOCC2)n1. The maximum absolute atomic E-state index is 11.7. The van der Waals surface area contributed by atoms with E-state index < -0.39 is 4.92 Å². The molecule has 1 aromatic carbocycles. The van der Waals surface area contributed by atoms with Crippen LogP contribution in [0.5, 0.6) is 0 Å². The van der Waals surface area contributed by atoms with Gasteiger partial charge in [0, 0.05) is 31.7 Å². The van der Waals surface area contributed by atoms with Gasteiger partial charge in [0.2, 0.25) is 5.82 Å². The van der Waals surface area contributed by atoms with Gasteiger partial charge in [0.05, 0.1) is 18.1 Å². The molecule has 3 rings (SSSR count). The molecule has 146 valence electrons. The molecule has 0 unspecified atom stereocenters. The average molecular weight is 399 g/mol. The first-order valence-electron chi connectivity index (χ1n) is 8.89. The van der Waals surface area contributed by atoms with Crippen LogP contribution in [0.25, 0.3) is 0 Å². The molecule has 0 bridgehead atoms. The summed E-state index contributed by atoms with van der Waals surface area (Å²) in [5.41, 5.74) is 0.688. The number of nitro groups is 1. The Morgan fingerprint density at radius 1 is 1.25 bits per heavy atom. The van der Waals surface area contributed by atoms with Gasteiger partial charge >= 0.3 is 5.69 Å². The highest BCUT2D eigenvalue weighted by Crippen LogP contribution is 2.27. The smallest absolute Gasteiger partial charge is 0.345 e. The highest BCUT2D eigenvalue weighted by molar-refractivity contribution is 7.98. The number of nitrogens with one attached hydrogen (secondary N) is 1. The van der Waals surface area contributed by atoms with Gasteiger partial charge in [-0.1, -0.05) is 35.9 Å². The first kappa shape index (κ1) is 20.1. The minimum atomic E-state index is -0.476. The van der Waals surface area contributed by atoms with Crippen molar-refractivity contribution in [1.29, 1.82) is 0 Å². The number of aromatic nitrogens is 2. The molecule has 0 spiro atoms. The maximum Gasteiger partial charge on any atom is 0.345 e. The van der Waals surface area contributed by atoms with Crippen LogP contribution in [0.4, 0.5) is 11.5 Å². The van der Waals surface area contributed by atoms with Crippen LogP contribution in [0.3, 0.4) is 0 Å². The Bertz CT molecular complexity index is 876. The normalized spacial score (nSPS) is 14.2. The quantitative estimate of drug-likeness (QED) is 0.260. The van der Waals surface area contributed by atoms with E-state index in [2.05, 4.69) is 32.0 Å². The fourth-order valence-corrected chi connectivity index (χ4v) is 3.08. The van der Waals surface area contributed by atoms with Crippen molar-refractivity contribution < 1.29 is 9.66 Å². The molecule has 1 aliphatic heterocycles. The van der Waals surface area contributed by atoms with Gasteiger partial charge in [0.15, 0.2) is 10.9 Å². The number of hydrogen-bond donors (Lipinski definition) is 1. The van der Waals surface area contributed by atoms with E-state index in [1.807, 2.05) is 36.6 Å². The number of morpholine rings is 1. The van der Waals surface area contributed by atoms with Gasteiger partial charge in [-0.25, -0.2) is 4.98 Å². The Morgan fingerprint density at radius 3 is 2.68 bits per heavy atom. The monoisotopic (exact) mass is 399 g/mol. The lowest BCUT2D eigenvalue weighted by molar-refractivity contribution is -0.384. The summed E-state index contributed by atoms with van der Waals surface area (Å²) in [6.07, 6.45) is 1.83. The summed E-state index contributed by atoms with van der Waals surface area (Å²) in [6.45, 7) is 4.43. The summed E-state index contributed by atoms with van der Waals surface area (Å²) in [5, 5.41) is 15.2. The summed E-state index contributed by atoms with van der Waals surface area (Å²) < 4.78 is 5.33. The number of anilines is 1. The molecule has 0 radical (unpaired) electrons. The van der Waals surface area contributed by atoms with Gasteiger partial charge in [0.1, 0.15) is 0 Å². The molecule has 8 nitrogen and oxygen atoms in total. The van der Waals surface area contributed by atoms with Crippen LogP contribution >= 0.6 is 11.8 Å². The highest BCUT2D eigenvalue weighted by atomic mass is 32.2. The van der Waals surface area contributed by atoms with Gasteiger partial charge in [-0.2, -0.15) is 4.98 Å². The molecular formula is C19H21N5O3S. The average Bonchev–Trinajstić information content (AvgIpc) is 2.73. The van der Waals surface area contributed by atoms with E-state index >= 15 is 0 Å². The molecule has 0 aliphatic carbocycles. The van der Waals surface area contributed by atoms with Crippen molar-refractivity contribution in [2.24, 2.45) is 0 Å². The van der Waals surface area contributed by atoms with E-state index in [-0.39, 0.29) is 17.2 Å². The van der Waals surface area contributed by atoms with Crippen molar-refractivity contribution in [2.45, 2.75) is 5.16 Å². The minimum absolute atomic E-state index is 0.113. The Labute approximate surface area is 167 Å². The van der Waals surface area contributed by atoms with Crippen molar-refractivity contribution >= 4 is 23.3 Å². The van der Waals surface area contributed by atoms with Crippen molar-refractivity contribution in [1.82, 2.24) is 14.9 Å². The molecule has 28 heavy (non-hydrogen) atoms. The fraction of sp³-hybridized carbons (Fsp3) is 0.368. The third kappa shape index (κ3) is 5.42. The predicted molar refractivity (Wildman–Crippen MR) is 109 cm³/mol. The molecule has 1 aromatic heterocycles. The second-order valence-electron chi connectivity index (χ2n) is 6.01. The van der Waals surface area contributed by atoms with Crippen LogP contribution in [0.15, 0.2) is 35.5 Å². The Balaban J connectivity index is 1.84. The number of benzene rings is 1. The first-order chi connectivity index (χ1) is 13.7. The molecule has 1 fully saturated rings. The van der Waals surface area contributed by atoms with E-state index in [1.54, 1.807) is 0 Å². The molecule has 1 saturated heterocycles. The van der Waals surface area contributed by atoms with Crippen molar-refractivity contribution in [3.63, 3.8) is 0 Å². The van der Waals surface area contributed by atoms with Crippen molar-refractivity contribution in [2.75, 3.05) is 51.0 Å². The van der Waals surface area contributed by atoms with E-state index in [0.29, 0.717) is 24.9 Å². The zero-order valence-electron chi connectivity index (χ0n) is 15.6. The number of ether oxygens (including phenoxy) is 1. The second-order valence-corrected chi connectivity index (χ2v) is 6.78. The lowest BCUT2D eigenvalue weighted by Gasteiger charge is -2.26. The Kier molecular flexibility index (Phi) is 7.19. The minimum Gasteiger partial charge on any atom is -0.379 e. The van der Waals surface area contributed by atoms with E-state index in [4.69, 9.17) is 4.74 Å². The zero-order valence-corrected chi connectivity index (χ0v) is 16.4. The first-order valence-corrected chi connectivity index (χ1v) is 10.1. The molecule has 1 N–H and O–H groups in total. The van der Waals surface area contributed by atoms with E-state index in [0.717, 1.165) is 25.2 Å². The number of rotatable bonds is 6. The lowest BCUT2D eigenvalue weighted by Crippen LogP contribution is -2.39. The number of thioether (sulfide) groups is 1. The summed E-state index contributed by atoms with van der Waals surface area (Å²) in [4.78, 5) is 22.0. The van der Waals surface area contributed by atoms with Gasteiger partial charge in [-0.05, 0) is 24.3 Å². The Hall–Kier alpha value is -2.67. The summed E-state index contributed by atoms with van der Waals surface area (Å²) >= 11 is 1.32.